The van der Waals surface area contributed by atoms with E-state index in [1.165, 1.54) is 103 Å². The number of unbranched alkanes of at least 4 members (excludes halogenated alkanes) is 20. The van der Waals surface area contributed by atoms with Crippen LogP contribution in [0.1, 0.15) is 287 Å². The molecule has 0 amide bonds. The molecular weight excluding hydrogens is 750 g/mol. The maximum absolute atomic E-state index is 15.3. The zero-order valence-electron chi connectivity index (χ0n) is 39.5. The third-order valence-corrected chi connectivity index (χ3v) is 15.1. The van der Waals surface area contributed by atoms with E-state index in [0.717, 1.165) is 128 Å². The maximum Gasteiger partial charge on any atom is 0.484 e. The van der Waals surface area contributed by atoms with E-state index in [4.69, 9.17) is 22.4 Å². The lowest BCUT2D eigenvalue weighted by Crippen LogP contribution is -2.21. The van der Waals surface area contributed by atoms with Gasteiger partial charge in [-0.05, 0) is 51.4 Å². The van der Waals surface area contributed by atoms with Crippen LogP contribution in [0.25, 0.3) is 0 Å². The summed E-state index contributed by atoms with van der Waals surface area (Å²) in [5.41, 5.74) is 0. The van der Waals surface area contributed by atoms with Crippen LogP contribution in [0.2, 0.25) is 0 Å². The molecule has 0 N–H and O–H groups in total. The van der Waals surface area contributed by atoms with Gasteiger partial charge in [0.25, 0.3) is 0 Å². The predicted molar refractivity (Wildman–Crippen MR) is 247 cm³/mol. The van der Waals surface area contributed by atoms with E-state index in [0.29, 0.717) is 0 Å². The van der Waals surface area contributed by atoms with Gasteiger partial charge in [-0.1, -0.05) is 235 Å². The highest BCUT2D eigenvalue weighted by Crippen LogP contribution is 2.69. The number of hydrogen-bond donors (Lipinski definition) is 0. The molecule has 0 saturated heterocycles. The van der Waals surface area contributed by atoms with Gasteiger partial charge in [-0.3, -0.25) is 18.1 Å². The molecule has 57 heavy (non-hydrogen) atoms. The molecule has 0 aliphatic rings. The van der Waals surface area contributed by atoms with Crippen LogP contribution in [0.4, 0.5) is 0 Å². The molecule has 4 atom stereocenters. The second-order valence-electron chi connectivity index (χ2n) is 17.3. The van der Waals surface area contributed by atoms with Gasteiger partial charge in [0, 0.05) is 0 Å². The van der Waals surface area contributed by atoms with Gasteiger partial charge in [-0.2, -0.15) is 4.31 Å². The SMILES string of the molecule is CCCCCCCCC(CCC)OP(=O)(OC(CCC)CCCCCCCC)OP(=O)(OC(CCC)CCCCCCCC)OC(CCC)CCCCCCCC. The summed E-state index contributed by atoms with van der Waals surface area (Å²) in [6, 6.07) is 0. The first-order valence-electron chi connectivity index (χ1n) is 25.3. The molecule has 7 nitrogen and oxygen atoms in total. The summed E-state index contributed by atoms with van der Waals surface area (Å²) in [5.74, 6) is 0. The molecule has 0 aromatic heterocycles. The average Bonchev–Trinajstić information content (AvgIpc) is 3.17. The highest BCUT2D eigenvalue weighted by Gasteiger charge is 2.46. The molecule has 0 heterocycles. The summed E-state index contributed by atoms with van der Waals surface area (Å²) in [4.78, 5) is 0. The van der Waals surface area contributed by atoms with Crippen molar-refractivity contribution in [1.82, 2.24) is 0 Å². The first-order valence-corrected chi connectivity index (χ1v) is 28.2. The Morgan fingerprint density at radius 1 is 0.263 bits per heavy atom. The van der Waals surface area contributed by atoms with Crippen molar-refractivity contribution in [2.75, 3.05) is 0 Å². The summed E-state index contributed by atoms with van der Waals surface area (Å²) in [6.45, 7) is 17.5. The van der Waals surface area contributed by atoms with E-state index in [1.807, 2.05) is 0 Å². The monoisotopic (exact) mass is 851 g/mol. The van der Waals surface area contributed by atoms with Crippen LogP contribution >= 0.6 is 15.6 Å². The molecule has 9 heteroatoms. The summed E-state index contributed by atoms with van der Waals surface area (Å²) in [6.07, 6.45) is 36.4. The Morgan fingerprint density at radius 2 is 0.456 bits per heavy atom. The third-order valence-electron chi connectivity index (χ3n) is 11.3. The summed E-state index contributed by atoms with van der Waals surface area (Å²) >= 11 is 0. The van der Waals surface area contributed by atoms with E-state index in [2.05, 4.69) is 55.4 Å². The van der Waals surface area contributed by atoms with E-state index >= 15 is 9.13 Å². The predicted octanol–water partition coefficient (Wildman–Crippen LogP) is 19.0. The molecule has 0 fully saturated rings. The molecule has 0 aliphatic heterocycles. The first kappa shape index (κ1) is 57.3. The smallest absolute Gasteiger partial charge is 0.283 e. The van der Waals surface area contributed by atoms with Crippen LogP contribution in [-0.2, 0) is 31.5 Å². The molecular formula is C48H100O7P2. The fourth-order valence-electron chi connectivity index (χ4n) is 7.88. The van der Waals surface area contributed by atoms with Crippen LogP contribution in [0.5, 0.6) is 0 Å². The Bertz CT molecular complexity index is 798. The minimum Gasteiger partial charge on any atom is -0.283 e. The quantitative estimate of drug-likeness (QED) is 0.0446. The second kappa shape index (κ2) is 40.3. The van der Waals surface area contributed by atoms with Crippen molar-refractivity contribution in [2.45, 2.75) is 311 Å². The van der Waals surface area contributed by atoms with Crippen LogP contribution in [0.3, 0.4) is 0 Å². The van der Waals surface area contributed by atoms with E-state index in [1.54, 1.807) is 0 Å². The van der Waals surface area contributed by atoms with Crippen LogP contribution in [0, 0.1) is 0 Å². The molecule has 344 valence electrons. The summed E-state index contributed by atoms with van der Waals surface area (Å²) in [7, 11) is -8.79. The average molecular weight is 851 g/mol. The van der Waals surface area contributed by atoms with Crippen molar-refractivity contribution >= 4 is 15.6 Å². The summed E-state index contributed by atoms with van der Waals surface area (Å²) in [5, 5.41) is 0. The fraction of sp³-hybridized carbons (Fsp3) is 1.00. The number of phosphoric ester groups is 2. The molecule has 0 saturated carbocycles. The maximum atomic E-state index is 15.3. The van der Waals surface area contributed by atoms with Crippen molar-refractivity contribution in [3.63, 3.8) is 0 Å². The van der Waals surface area contributed by atoms with Crippen molar-refractivity contribution in [2.24, 2.45) is 0 Å². The van der Waals surface area contributed by atoms with Crippen LogP contribution in [-0.4, -0.2) is 24.4 Å². The van der Waals surface area contributed by atoms with Crippen molar-refractivity contribution in [1.29, 1.82) is 0 Å². The Balaban J connectivity index is 6.64. The van der Waals surface area contributed by atoms with E-state index < -0.39 is 15.6 Å². The lowest BCUT2D eigenvalue weighted by Gasteiger charge is -2.32. The van der Waals surface area contributed by atoms with Gasteiger partial charge >= 0.3 is 15.6 Å². The van der Waals surface area contributed by atoms with Gasteiger partial charge in [-0.25, -0.2) is 9.13 Å². The lowest BCUT2D eigenvalue weighted by atomic mass is 10.0. The highest BCUT2D eigenvalue weighted by atomic mass is 31.3. The van der Waals surface area contributed by atoms with Crippen molar-refractivity contribution < 1.29 is 31.5 Å². The number of hydrogen-bond acceptors (Lipinski definition) is 7. The largest absolute Gasteiger partial charge is 0.484 e. The lowest BCUT2D eigenvalue weighted by molar-refractivity contribution is 0.0283. The van der Waals surface area contributed by atoms with Crippen LogP contribution in [0.15, 0.2) is 0 Å². The molecule has 4 unspecified atom stereocenters. The van der Waals surface area contributed by atoms with Gasteiger partial charge in [-0.15, -0.1) is 0 Å². The second-order valence-corrected chi connectivity index (χ2v) is 20.6. The molecule has 0 aromatic rings. The topological polar surface area (TPSA) is 80.3 Å². The molecule has 0 bridgehead atoms. The zero-order valence-corrected chi connectivity index (χ0v) is 41.3. The Morgan fingerprint density at radius 3 is 0.649 bits per heavy atom. The zero-order chi connectivity index (χ0) is 42.3. The van der Waals surface area contributed by atoms with Gasteiger partial charge < -0.3 is 0 Å². The fourth-order valence-corrected chi connectivity index (χ4v) is 11.9. The molecule has 0 aliphatic carbocycles. The normalized spacial score (nSPS) is 16.3. The first-order chi connectivity index (χ1) is 27.7. The van der Waals surface area contributed by atoms with Gasteiger partial charge in [0.1, 0.15) is 0 Å². The van der Waals surface area contributed by atoms with Crippen molar-refractivity contribution in [3.8, 4) is 0 Å². The van der Waals surface area contributed by atoms with Crippen LogP contribution < -0.4 is 0 Å². The van der Waals surface area contributed by atoms with E-state index in [9.17, 15) is 0 Å². The molecule has 0 radical (unpaired) electrons. The molecule has 0 spiro atoms. The van der Waals surface area contributed by atoms with Crippen molar-refractivity contribution in [3.05, 3.63) is 0 Å². The van der Waals surface area contributed by atoms with E-state index in [-0.39, 0.29) is 24.4 Å². The Kier molecular flexibility index (Phi) is 40.5. The minimum atomic E-state index is -4.40. The summed E-state index contributed by atoms with van der Waals surface area (Å²) < 4.78 is 63.4. The van der Waals surface area contributed by atoms with Gasteiger partial charge in [0.2, 0.25) is 0 Å². The third kappa shape index (κ3) is 33.6. The molecule has 0 aromatic carbocycles. The van der Waals surface area contributed by atoms with Gasteiger partial charge in [0.05, 0.1) is 24.4 Å². The highest BCUT2D eigenvalue weighted by molar-refractivity contribution is 7.62. The number of phosphoric acid groups is 2. The Hall–Kier alpha value is 0.260. The van der Waals surface area contributed by atoms with Gasteiger partial charge in [0.15, 0.2) is 0 Å². The standard InChI is InChI=1S/C48H100O7P2/c1-9-17-21-25-29-33-41-45(37-13-5)51-56(49,52-46(38-14-6)42-34-30-26-22-18-10-2)55-57(50,53-47(39-15-7)43-35-31-27-23-19-11-3)54-48(40-16-8)44-36-32-28-24-20-12-4/h45-48H,9-44H2,1-8H3. The number of rotatable bonds is 46. The Labute approximate surface area is 357 Å². The minimum absolute atomic E-state index is 0.319. The molecule has 0 rings (SSSR count).